The summed E-state index contributed by atoms with van der Waals surface area (Å²) in [4.78, 5) is 23.8. The third kappa shape index (κ3) is 2.71. The van der Waals surface area contributed by atoms with Crippen molar-refractivity contribution in [1.29, 1.82) is 0 Å². The molecular weight excluding hydrogens is 318 g/mol. The maximum atomic E-state index is 11.9. The maximum Gasteiger partial charge on any atom is 0.280 e. The van der Waals surface area contributed by atoms with Crippen molar-refractivity contribution in [2.75, 3.05) is 7.05 Å². The van der Waals surface area contributed by atoms with Gasteiger partial charge >= 0.3 is 0 Å². The van der Waals surface area contributed by atoms with Gasteiger partial charge in [0.2, 0.25) is 0 Å². The third-order valence-corrected chi connectivity index (χ3v) is 3.74. The van der Waals surface area contributed by atoms with E-state index in [1.807, 2.05) is 0 Å². The van der Waals surface area contributed by atoms with Crippen LogP contribution in [0.3, 0.4) is 0 Å². The molecule has 0 unspecified atom stereocenters. The Bertz CT molecular complexity index is 856. The van der Waals surface area contributed by atoms with Crippen LogP contribution >= 0.6 is 12.2 Å². The molecule has 0 atom stereocenters. The lowest BCUT2D eigenvalue weighted by Crippen LogP contribution is -2.25. The first kappa shape index (κ1) is 14.9. The van der Waals surface area contributed by atoms with Crippen molar-refractivity contribution in [3.05, 3.63) is 58.0 Å². The molecule has 1 aliphatic heterocycles. The van der Waals surface area contributed by atoms with Gasteiger partial charge in [0.25, 0.3) is 11.6 Å². The number of hydrogen-bond acceptors (Lipinski definition) is 5. The first-order valence-electron chi connectivity index (χ1n) is 6.62. The number of amides is 1. The highest BCUT2D eigenvalue weighted by molar-refractivity contribution is 7.80. The minimum absolute atomic E-state index is 0.0444. The molecule has 2 aromatic rings. The van der Waals surface area contributed by atoms with Gasteiger partial charge < -0.3 is 9.73 Å². The summed E-state index contributed by atoms with van der Waals surface area (Å²) in [6.45, 7) is 0. The smallest absolute Gasteiger partial charge is 0.280 e. The number of carbonyl (C=O) groups is 1. The minimum Gasteiger partial charge on any atom is -0.456 e. The fourth-order valence-electron chi connectivity index (χ4n) is 2.18. The molecule has 0 radical (unpaired) electrons. The molecule has 1 N–H and O–H groups in total. The van der Waals surface area contributed by atoms with Crippen molar-refractivity contribution in [3.8, 4) is 11.3 Å². The van der Waals surface area contributed by atoms with Gasteiger partial charge in [-0.25, -0.2) is 0 Å². The van der Waals surface area contributed by atoms with E-state index in [4.69, 9.17) is 16.6 Å². The number of hydrogen-bond donors (Lipinski definition) is 1. The van der Waals surface area contributed by atoms with Crippen molar-refractivity contribution < 1.29 is 14.1 Å². The quantitative estimate of drug-likeness (QED) is 0.403. The first-order valence-corrected chi connectivity index (χ1v) is 7.02. The van der Waals surface area contributed by atoms with Crippen LogP contribution in [0.15, 0.2) is 46.5 Å². The van der Waals surface area contributed by atoms with E-state index in [1.54, 1.807) is 37.4 Å². The number of nitrogens with zero attached hydrogens (tertiary/aromatic N) is 2. The Balaban J connectivity index is 1.95. The van der Waals surface area contributed by atoms with Crippen LogP contribution in [0, 0.1) is 10.1 Å². The summed E-state index contributed by atoms with van der Waals surface area (Å²) in [5.41, 5.74) is 0.624. The Morgan fingerprint density at radius 1 is 1.30 bits per heavy atom. The number of para-hydroxylation sites is 1. The Hall–Kier alpha value is -3.00. The standard InChI is InChI=1S/C15H11N3O4S/c1-17-14(19)11(16-15(17)23)8-9-6-7-13(22-9)10-4-2-3-5-12(10)18(20)21/h2-8H,1H3,(H,16,23)/b11-8-. The predicted octanol–water partition coefficient (Wildman–Crippen LogP) is 2.54. The lowest BCUT2D eigenvalue weighted by molar-refractivity contribution is -0.384. The number of thiocarbonyl (C=S) groups is 1. The fourth-order valence-corrected chi connectivity index (χ4v) is 2.37. The van der Waals surface area contributed by atoms with Gasteiger partial charge in [0.05, 0.1) is 10.5 Å². The monoisotopic (exact) mass is 329 g/mol. The molecule has 1 aliphatic rings. The number of nitro benzene ring substituents is 1. The van der Waals surface area contributed by atoms with Crippen LogP contribution < -0.4 is 5.32 Å². The molecule has 1 aromatic heterocycles. The van der Waals surface area contributed by atoms with E-state index >= 15 is 0 Å². The second kappa shape index (κ2) is 5.65. The van der Waals surface area contributed by atoms with Gasteiger partial charge in [0.15, 0.2) is 5.11 Å². The maximum absolute atomic E-state index is 11.9. The van der Waals surface area contributed by atoms with E-state index in [2.05, 4.69) is 5.32 Å². The molecule has 3 rings (SSSR count). The summed E-state index contributed by atoms with van der Waals surface area (Å²) >= 11 is 4.99. The molecule has 8 heteroatoms. The number of nitrogens with one attached hydrogen (secondary N) is 1. The van der Waals surface area contributed by atoms with Gasteiger partial charge in [-0.2, -0.15) is 0 Å². The lowest BCUT2D eigenvalue weighted by Gasteiger charge is -2.02. The van der Waals surface area contributed by atoms with Gasteiger partial charge in [0.1, 0.15) is 17.2 Å². The highest BCUT2D eigenvalue weighted by atomic mass is 32.1. The molecule has 1 saturated heterocycles. The Labute approximate surface area is 136 Å². The fraction of sp³-hybridized carbons (Fsp3) is 0.0667. The SMILES string of the molecule is CN1C(=O)/C(=C/c2ccc(-c3ccccc3[N+](=O)[O-])o2)NC1=S. The molecule has 23 heavy (non-hydrogen) atoms. The van der Waals surface area contributed by atoms with Crippen LogP contribution in [0.1, 0.15) is 5.76 Å². The average molecular weight is 329 g/mol. The van der Waals surface area contributed by atoms with Gasteiger partial charge in [-0.05, 0) is 30.4 Å². The van der Waals surface area contributed by atoms with E-state index in [0.29, 0.717) is 27.9 Å². The molecule has 0 spiro atoms. The normalized spacial score (nSPS) is 16.0. The molecule has 0 bridgehead atoms. The van der Waals surface area contributed by atoms with Crippen molar-refractivity contribution in [2.45, 2.75) is 0 Å². The van der Waals surface area contributed by atoms with Crippen LogP contribution in [0.25, 0.3) is 17.4 Å². The second-order valence-electron chi connectivity index (χ2n) is 4.83. The molecule has 7 nitrogen and oxygen atoms in total. The summed E-state index contributed by atoms with van der Waals surface area (Å²) < 4.78 is 5.61. The molecule has 0 saturated carbocycles. The predicted molar refractivity (Wildman–Crippen MR) is 87.3 cm³/mol. The summed E-state index contributed by atoms with van der Waals surface area (Å²) in [6.07, 6.45) is 1.51. The van der Waals surface area contributed by atoms with Crippen LogP contribution in [0.2, 0.25) is 0 Å². The second-order valence-corrected chi connectivity index (χ2v) is 5.22. The zero-order valence-corrected chi connectivity index (χ0v) is 12.8. The Kier molecular flexibility index (Phi) is 3.67. The molecule has 1 aromatic carbocycles. The number of likely N-dealkylation sites (N-methyl/N-ethyl adjacent to an activating group) is 1. The van der Waals surface area contributed by atoms with Gasteiger partial charge in [-0.15, -0.1) is 0 Å². The number of carbonyl (C=O) groups excluding carboxylic acids is 1. The highest BCUT2D eigenvalue weighted by Gasteiger charge is 2.27. The van der Waals surface area contributed by atoms with Gasteiger partial charge in [-0.1, -0.05) is 12.1 Å². The van der Waals surface area contributed by atoms with Crippen molar-refractivity contribution >= 4 is 35.0 Å². The zero-order valence-electron chi connectivity index (χ0n) is 12.0. The van der Waals surface area contributed by atoms with E-state index in [0.717, 1.165) is 0 Å². The van der Waals surface area contributed by atoms with E-state index in [9.17, 15) is 14.9 Å². The van der Waals surface area contributed by atoms with Crippen molar-refractivity contribution in [3.63, 3.8) is 0 Å². The number of nitro groups is 1. The first-order chi connectivity index (χ1) is 11.0. The molecular formula is C15H11N3O4S. The summed E-state index contributed by atoms with van der Waals surface area (Å²) in [5, 5.41) is 14.2. The number of furan rings is 1. The summed E-state index contributed by atoms with van der Waals surface area (Å²) in [5.74, 6) is 0.483. The minimum atomic E-state index is -0.467. The van der Waals surface area contributed by atoms with E-state index in [1.165, 1.54) is 17.0 Å². The van der Waals surface area contributed by atoms with Gasteiger partial charge in [-0.3, -0.25) is 19.8 Å². The largest absolute Gasteiger partial charge is 0.456 e. The van der Waals surface area contributed by atoms with Crippen LogP contribution in [-0.4, -0.2) is 27.9 Å². The lowest BCUT2D eigenvalue weighted by atomic mass is 10.1. The van der Waals surface area contributed by atoms with Crippen LogP contribution in [0.4, 0.5) is 5.69 Å². The van der Waals surface area contributed by atoms with Crippen molar-refractivity contribution in [1.82, 2.24) is 10.2 Å². The van der Waals surface area contributed by atoms with Crippen LogP contribution in [-0.2, 0) is 4.79 Å². The Morgan fingerprint density at radius 2 is 2.04 bits per heavy atom. The highest BCUT2D eigenvalue weighted by Crippen LogP contribution is 2.31. The van der Waals surface area contributed by atoms with Gasteiger partial charge in [0, 0.05) is 19.2 Å². The summed E-state index contributed by atoms with van der Waals surface area (Å²) in [6, 6.07) is 9.55. The molecule has 1 fully saturated rings. The number of benzene rings is 1. The van der Waals surface area contributed by atoms with Crippen molar-refractivity contribution in [2.24, 2.45) is 0 Å². The molecule has 2 heterocycles. The van der Waals surface area contributed by atoms with Crippen LogP contribution in [0.5, 0.6) is 0 Å². The van der Waals surface area contributed by atoms with E-state index < -0.39 is 4.92 Å². The molecule has 116 valence electrons. The topological polar surface area (TPSA) is 88.6 Å². The third-order valence-electron chi connectivity index (χ3n) is 3.36. The summed E-state index contributed by atoms with van der Waals surface area (Å²) in [7, 11) is 1.57. The number of rotatable bonds is 3. The molecule has 0 aliphatic carbocycles. The zero-order chi connectivity index (χ0) is 16.6. The molecule has 1 amide bonds. The Morgan fingerprint density at radius 3 is 2.70 bits per heavy atom. The average Bonchev–Trinajstić information content (AvgIpc) is 3.09. The van der Waals surface area contributed by atoms with E-state index in [-0.39, 0.29) is 11.6 Å².